The third-order valence-corrected chi connectivity index (χ3v) is 4.17. The Labute approximate surface area is 129 Å². The van der Waals surface area contributed by atoms with Crippen LogP contribution in [0.5, 0.6) is 0 Å². The first-order chi connectivity index (χ1) is 10.9. The van der Waals surface area contributed by atoms with Crippen molar-refractivity contribution >= 4 is 10.9 Å². The zero-order valence-electron chi connectivity index (χ0n) is 12.4. The molecular weight excluding hydrogens is 274 g/mol. The second kappa shape index (κ2) is 5.87. The number of fused-ring (bicyclic) bond motifs is 1. The lowest BCUT2D eigenvalue weighted by molar-refractivity contribution is 0.187. The Balaban J connectivity index is 1.70. The fraction of sp³-hybridized carbons (Fsp3) is 0.294. The van der Waals surface area contributed by atoms with Gasteiger partial charge in [0.05, 0.1) is 24.1 Å². The SMILES string of the molecule is c1ccc(-c2cccc3c2cnn3CN2CCNCC2)nc1. The maximum Gasteiger partial charge on any atom is 0.0936 e. The minimum atomic E-state index is 0.844. The third kappa shape index (κ3) is 2.49. The molecule has 5 nitrogen and oxygen atoms in total. The van der Waals surface area contributed by atoms with E-state index < -0.39 is 0 Å². The van der Waals surface area contributed by atoms with E-state index in [0.717, 1.165) is 49.5 Å². The molecule has 0 atom stereocenters. The average Bonchev–Trinajstić information content (AvgIpc) is 3.00. The fourth-order valence-electron chi connectivity index (χ4n) is 3.00. The molecule has 1 N–H and O–H groups in total. The Hall–Kier alpha value is -2.24. The van der Waals surface area contributed by atoms with Crippen molar-refractivity contribution in [1.82, 2.24) is 25.0 Å². The first-order valence-corrected chi connectivity index (χ1v) is 7.71. The van der Waals surface area contributed by atoms with Gasteiger partial charge < -0.3 is 5.32 Å². The molecule has 0 unspecified atom stereocenters. The summed E-state index contributed by atoms with van der Waals surface area (Å²) in [5.41, 5.74) is 3.31. The minimum absolute atomic E-state index is 0.844. The van der Waals surface area contributed by atoms with E-state index in [4.69, 9.17) is 0 Å². The van der Waals surface area contributed by atoms with E-state index in [0.29, 0.717) is 0 Å². The molecule has 0 amide bonds. The lowest BCUT2D eigenvalue weighted by Crippen LogP contribution is -2.44. The van der Waals surface area contributed by atoms with Gasteiger partial charge in [0.1, 0.15) is 0 Å². The van der Waals surface area contributed by atoms with Gasteiger partial charge in [0.25, 0.3) is 0 Å². The van der Waals surface area contributed by atoms with E-state index in [-0.39, 0.29) is 0 Å². The van der Waals surface area contributed by atoms with Gasteiger partial charge in [-0.05, 0) is 18.2 Å². The molecule has 0 aliphatic carbocycles. The van der Waals surface area contributed by atoms with E-state index in [1.807, 2.05) is 30.6 Å². The van der Waals surface area contributed by atoms with Crippen LogP contribution in [0, 0.1) is 0 Å². The van der Waals surface area contributed by atoms with Crippen LogP contribution in [0.3, 0.4) is 0 Å². The predicted molar refractivity (Wildman–Crippen MR) is 87.4 cm³/mol. The number of piperazine rings is 1. The van der Waals surface area contributed by atoms with Crippen molar-refractivity contribution in [2.75, 3.05) is 26.2 Å². The molecule has 0 spiro atoms. The molecule has 1 aliphatic heterocycles. The van der Waals surface area contributed by atoms with Crippen molar-refractivity contribution in [1.29, 1.82) is 0 Å². The monoisotopic (exact) mass is 293 g/mol. The molecule has 2 aromatic heterocycles. The van der Waals surface area contributed by atoms with Crippen LogP contribution in [0.4, 0.5) is 0 Å². The van der Waals surface area contributed by atoms with Crippen molar-refractivity contribution < 1.29 is 0 Å². The van der Waals surface area contributed by atoms with Crippen LogP contribution in [-0.2, 0) is 6.67 Å². The van der Waals surface area contributed by atoms with E-state index in [1.165, 1.54) is 5.52 Å². The maximum atomic E-state index is 4.60. The Morgan fingerprint density at radius 1 is 1.05 bits per heavy atom. The lowest BCUT2D eigenvalue weighted by Gasteiger charge is -2.27. The summed E-state index contributed by atoms with van der Waals surface area (Å²) in [5, 5.41) is 9.15. The summed E-state index contributed by atoms with van der Waals surface area (Å²) >= 11 is 0. The first kappa shape index (κ1) is 13.4. The summed E-state index contributed by atoms with van der Waals surface area (Å²) < 4.78 is 2.09. The highest BCUT2D eigenvalue weighted by Crippen LogP contribution is 2.27. The Morgan fingerprint density at radius 3 is 2.77 bits per heavy atom. The summed E-state index contributed by atoms with van der Waals surface area (Å²) in [6.45, 7) is 5.09. The van der Waals surface area contributed by atoms with E-state index >= 15 is 0 Å². The van der Waals surface area contributed by atoms with Gasteiger partial charge in [0, 0.05) is 43.3 Å². The molecule has 3 aromatic rings. The first-order valence-electron chi connectivity index (χ1n) is 7.71. The van der Waals surface area contributed by atoms with Gasteiger partial charge in [-0.2, -0.15) is 5.10 Å². The fourth-order valence-corrected chi connectivity index (χ4v) is 3.00. The summed E-state index contributed by atoms with van der Waals surface area (Å²) in [4.78, 5) is 6.90. The van der Waals surface area contributed by atoms with Gasteiger partial charge in [-0.3, -0.25) is 14.6 Å². The number of pyridine rings is 1. The highest BCUT2D eigenvalue weighted by Gasteiger charge is 2.13. The second-order valence-electron chi connectivity index (χ2n) is 5.61. The predicted octanol–water partition coefficient (Wildman–Crippen LogP) is 1.96. The Morgan fingerprint density at radius 2 is 1.95 bits per heavy atom. The lowest BCUT2D eigenvalue weighted by atomic mass is 10.1. The number of hydrogen-bond acceptors (Lipinski definition) is 4. The van der Waals surface area contributed by atoms with Crippen molar-refractivity contribution in [2.24, 2.45) is 0 Å². The van der Waals surface area contributed by atoms with Crippen molar-refractivity contribution in [3.63, 3.8) is 0 Å². The molecule has 0 radical (unpaired) electrons. The standard InChI is InChI=1S/C17H19N5/c1-2-7-19-16(5-1)14-4-3-6-17-15(14)12-20-22(17)13-21-10-8-18-9-11-21/h1-7,12,18H,8-11,13H2. The smallest absolute Gasteiger partial charge is 0.0936 e. The molecule has 4 rings (SSSR count). The van der Waals surface area contributed by atoms with Crippen molar-refractivity contribution in [3.8, 4) is 11.3 Å². The van der Waals surface area contributed by atoms with E-state index in [2.05, 4.69) is 43.2 Å². The third-order valence-electron chi connectivity index (χ3n) is 4.17. The molecule has 0 bridgehead atoms. The normalized spacial score (nSPS) is 16.2. The molecule has 1 aromatic carbocycles. The van der Waals surface area contributed by atoms with Crippen LogP contribution in [0.2, 0.25) is 0 Å². The molecule has 3 heterocycles. The van der Waals surface area contributed by atoms with Crippen LogP contribution < -0.4 is 5.32 Å². The molecule has 5 heteroatoms. The van der Waals surface area contributed by atoms with Crippen LogP contribution in [0.15, 0.2) is 48.8 Å². The van der Waals surface area contributed by atoms with Gasteiger partial charge >= 0.3 is 0 Å². The quantitative estimate of drug-likeness (QED) is 0.802. The second-order valence-corrected chi connectivity index (χ2v) is 5.61. The zero-order chi connectivity index (χ0) is 14.8. The highest BCUT2D eigenvalue weighted by molar-refractivity contribution is 5.93. The van der Waals surface area contributed by atoms with Gasteiger partial charge in [0.2, 0.25) is 0 Å². The highest BCUT2D eigenvalue weighted by atomic mass is 15.4. The molecule has 1 fully saturated rings. The van der Waals surface area contributed by atoms with Crippen LogP contribution in [0.25, 0.3) is 22.2 Å². The number of rotatable bonds is 3. The molecule has 0 saturated carbocycles. The van der Waals surface area contributed by atoms with Gasteiger partial charge in [-0.25, -0.2) is 0 Å². The van der Waals surface area contributed by atoms with Gasteiger partial charge in [0.15, 0.2) is 0 Å². The van der Waals surface area contributed by atoms with Gasteiger partial charge in [-0.1, -0.05) is 18.2 Å². The number of aromatic nitrogens is 3. The molecule has 1 saturated heterocycles. The maximum absolute atomic E-state index is 4.60. The average molecular weight is 293 g/mol. The number of nitrogens with zero attached hydrogens (tertiary/aromatic N) is 4. The summed E-state index contributed by atoms with van der Waals surface area (Å²) in [5.74, 6) is 0. The Bertz CT molecular complexity index is 759. The van der Waals surface area contributed by atoms with Crippen LogP contribution in [-0.4, -0.2) is 45.8 Å². The summed E-state index contributed by atoms with van der Waals surface area (Å²) in [6.07, 6.45) is 3.79. The summed E-state index contributed by atoms with van der Waals surface area (Å²) in [6, 6.07) is 12.3. The molecular formula is C17H19N5. The minimum Gasteiger partial charge on any atom is -0.314 e. The molecule has 112 valence electrons. The van der Waals surface area contributed by atoms with E-state index in [1.54, 1.807) is 0 Å². The number of hydrogen-bond donors (Lipinski definition) is 1. The number of nitrogens with one attached hydrogen (secondary N) is 1. The van der Waals surface area contributed by atoms with Gasteiger partial charge in [-0.15, -0.1) is 0 Å². The largest absolute Gasteiger partial charge is 0.314 e. The number of benzene rings is 1. The molecule has 1 aliphatic rings. The van der Waals surface area contributed by atoms with Crippen molar-refractivity contribution in [2.45, 2.75) is 6.67 Å². The van der Waals surface area contributed by atoms with Crippen molar-refractivity contribution in [3.05, 3.63) is 48.8 Å². The molecule has 22 heavy (non-hydrogen) atoms. The van der Waals surface area contributed by atoms with Crippen LogP contribution in [0.1, 0.15) is 0 Å². The van der Waals surface area contributed by atoms with Crippen LogP contribution >= 0.6 is 0 Å². The summed E-state index contributed by atoms with van der Waals surface area (Å²) in [7, 11) is 0. The Kier molecular flexibility index (Phi) is 3.58. The van der Waals surface area contributed by atoms with E-state index in [9.17, 15) is 0 Å². The zero-order valence-corrected chi connectivity index (χ0v) is 12.4. The topological polar surface area (TPSA) is 46.0 Å².